The van der Waals surface area contributed by atoms with E-state index in [1.165, 1.54) is 37.5 Å². The van der Waals surface area contributed by atoms with Gasteiger partial charge >= 0.3 is 5.97 Å². The highest BCUT2D eigenvalue weighted by Gasteiger charge is 2.42. The van der Waals surface area contributed by atoms with Crippen molar-refractivity contribution in [3.63, 3.8) is 0 Å². The van der Waals surface area contributed by atoms with Gasteiger partial charge in [0.25, 0.3) is 0 Å². The number of hydrogen-bond donors (Lipinski definition) is 2. The van der Waals surface area contributed by atoms with E-state index < -0.39 is 17.7 Å². The highest BCUT2D eigenvalue weighted by molar-refractivity contribution is 5.78. The first kappa shape index (κ1) is 26.0. The molecule has 38 heavy (non-hydrogen) atoms. The van der Waals surface area contributed by atoms with Crippen LogP contribution in [0.1, 0.15) is 51.1 Å². The first-order chi connectivity index (χ1) is 18.4. The van der Waals surface area contributed by atoms with E-state index in [9.17, 15) is 9.18 Å². The second-order valence-electron chi connectivity index (χ2n) is 10.00. The zero-order chi connectivity index (χ0) is 26.5. The standard InChI is InChI=1S/C28H32FN5O4/c1-3-15-36-26(35)28(2)16-37-25(38-17-28)24-33-22(18-9-11-19(29)12-10-18)23(34-24)21-13-14-30-27(32-21)31-20-7-5-4-6-8-20/h3,9-14,20,25H,1,4-8,15-17H2,2H3,(H,33,34)(H,30,31,32). The lowest BCUT2D eigenvalue weighted by atomic mass is 9.92. The fourth-order valence-electron chi connectivity index (χ4n) is 4.70. The van der Waals surface area contributed by atoms with E-state index in [4.69, 9.17) is 24.2 Å². The van der Waals surface area contributed by atoms with Gasteiger partial charge in [0.2, 0.25) is 12.2 Å². The average Bonchev–Trinajstić information content (AvgIpc) is 3.39. The Morgan fingerprint density at radius 2 is 1.92 bits per heavy atom. The molecule has 3 aromatic rings. The van der Waals surface area contributed by atoms with E-state index in [0.29, 0.717) is 40.5 Å². The number of carbonyl (C=O) groups excluding carboxylic acids is 1. The van der Waals surface area contributed by atoms with Gasteiger partial charge in [-0.2, -0.15) is 0 Å². The smallest absolute Gasteiger partial charge is 0.316 e. The summed E-state index contributed by atoms with van der Waals surface area (Å²) in [5.41, 5.74) is 1.60. The number of aromatic amines is 1. The van der Waals surface area contributed by atoms with Gasteiger partial charge in [-0.3, -0.25) is 4.79 Å². The molecule has 0 radical (unpaired) electrons. The minimum Gasteiger partial charge on any atom is -0.461 e. The molecule has 2 fully saturated rings. The van der Waals surface area contributed by atoms with Gasteiger partial charge in [-0.15, -0.1) is 0 Å². The lowest BCUT2D eigenvalue weighted by Gasteiger charge is -2.34. The van der Waals surface area contributed by atoms with Crippen LogP contribution in [0.5, 0.6) is 0 Å². The first-order valence-corrected chi connectivity index (χ1v) is 12.9. The van der Waals surface area contributed by atoms with Gasteiger partial charge in [0.05, 0.1) is 30.3 Å². The molecule has 0 spiro atoms. The fraction of sp³-hybridized carbons (Fsp3) is 0.429. The highest BCUT2D eigenvalue weighted by Crippen LogP contribution is 2.36. The number of H-pyrrole nitrogens is 1. The van der Waals surface area contributed by atoms with Crippen LogP contribution < -0.4 is 5.32 Å². The van der Waals surface area contributed by atoms with Gasteiger partial charge in [0.15, 0.2) is 5.82 Å². The normalized spacial score (nSPS) is 22.1. The van der Waals surface area contributed by atoms with E-state index in [1.807, 2.05) is 0 Å². The van der Waals surface area contributed by atoms with Crippen LogP contribution in [0, 0.1) is 11.2 Å². The van der Waals surface area contributed by atoms with E-state index in [1.54, 1.807) is 31.3 Å². The minimum atomic E-state index is -0.943. The number of hydrogen-bond acceptors (Lipinski definition) is 8. The monoisotopic (exact) mass is 521 g/mol. The van der Waals surface area contributed by atoms with E-state index in [2.05, 4.69) is 21.9 Å². The maximum atomic E-state index is 13.7. The van der Waals surface area contributed by atoms with Crippen LogP contribution in [0.3, 0.4) is 0 Å². The number of aromatic nitrogens is 4. The minimum absolute atomic E-state index is 0.0958. The lowest BCUT2D eigenvalue weighted by Crippen LogP contribution is -2.43. The summed E-state index contributed by atoms with van der Waals surface area (Å²) in [6.07, 6.45) is 8.24. The van der Waals surface area contributed by atoms with Gasteiger partial charge < -0.3 is 24.5 Å². The molecule has 2 aliphatic rings. The number of imidazole rings is 1. The molecule has 2 aromatic heterocycles. The molecule has 1 aliphatic heterocycles. The molecule has 1 saturated carbocycles. The average molecular weight is 522 g/mol. The molecule has 200 valence electrons. The molecule has 1 aliphatic carbocycles. The number of halogens is 1. The van der Waals surface area contributed by atoms with E-state index in [-0.39, 0.29) is 25.6 Å². The summed E-state index contributed by atoms with van der Waals surface area (Å²) < 4.78 is 30.7. The predicted molar refractivity (Wildman–Crippen MR) is 139 cm³/mol. The molecule has 1 saturated heterocycles. The Morgan fingerprint density at radius 3 is 2.63 bits per heavy atom. The van der Waals surface area contributed by atoms with Gasteiger partial charge in [0.1, 0.15) is 17.8 Å². The molecule has 5 rings (SSSR count). The van der Waals surface area contributed by atoms with Crippen molar-refractivity contribution < 1.29 is 23.4 Å². The van der Waals surface area contributed by atoms with Crippen molar-refractivity contribution >= 4 is 11.9 Å². The summed E-state index contributed by atoms with van der Waals surface area (Å²) in [6.45, 7) is 5.61. The van der Waals surface area contributed by atoms with Crippen molar-refractivity contribution in [2.75, 3.05) is 25.1 Å². The van der Waals surface area contributed by atoms with Crippen LogP contribution >= 0.6 is 0 Å². The topological polar surface area (TPSA) is 111 Å². The van der Waals surface area contributed by atoms with Crippen molar-refractivity contribution in [3.8, 4) is 22.6 Å². The van der Waals surface area contributed by atoms with Crippen molar-refractivity contribution in [2.24, 2.45) is 5.41 Å². The number of esters is 1. The van der Waals surface area contributed by atoms with Crippen LogP contribution in [0.15, 0.2) is 49.2 Å². The number of ether oxygens (including phenoxy) is 3. The molecule has 0 amide bonds. The molecule has 0 bridgehead atoms. The van der Waals surface area contributed by atoms with Crippen molar-refractivity contribution in [1.82, 2.24) is 19.9 Å². The van der Waals surface area contributed by atoms with Crippen molar-refractivity contribution in [3.05, 3.63) is 60.8 Å². The van der Waals surface area contributed by atoms with Gasteiger partial charge in [-0.1, -0.05) is 31.9 Å². The van der Waals surface area contributed by atoms with Gasteiger partial charge in [0, 0.05) is 17.8 Å². The van der Waals surface area contributed by atoms with Crippen LogP contribution in [0.25, 0.3) is 22.6 Å². The molecular formula is C28H32FN5O4. The van der Waals surface area contributed by atoms with E-state index in [0.717, 1.165) is 12.8 Å². The van der Waals surface area contributed by atoms with Crippen LogP contribution in [0.4, 0.5) is 10.3 Å². The molecule has 0 unspecified atom stereocenters. The molecule has 10 heteroatoms. The van der Waals surface area contributed by atoms with Crippen LogP contribution in [0.2, 0.25) is 0 Å². The summed E-state index contributed by atoms with van der Waals surface area (Å²) >= 11 is 0. The number of anilines is 1. The fourth-order valence-corrected chi connectivity index (χ4v) is 4.70. The molecule has 2 N–H and O–H groups in total. The predicted octanol–water partition coefficient (Wildman–Crippen LogP) is 5.20. The van der Waals surface area contributed by atoms with Crippen molar-refractivity contribution in [2.45, 2.75) is 51.4 Å². The molecule has 9 nitrogen and oxygen atoms in total. The largest absolute Gasteiger partial charge is 0.461 e. The third-order valence-electron chi connectivity index (χ3n) is 6.84. The summed E-state index contributed by atoms with van der Waals surface area (Å²) in [4.78, 5) is 29.7. The maximum absolute atomic E-state index is 13.7. The third kappa shape index (κ3) is 5.76. The second kappa shape index (κ2) is 11.4. The Bertz CT molecular complexity index is 1260. The number of nitrogens with zero attached hydrogens (tertiary/aromatic N) is 3. The summed E-state index contributed by atoms with van der Waals surface area (Å²) in [5, 5.41) is 3.46. The zero-order valence-corrected chi connectivity index (χ0v) is 21.4. The van der Waals surface area contributed by atoms with Gasteiger partial charge in [-0.25, -0.2) is 19.3 Å². The molecule has 3 heterocycles. The Morgan fingerprint density at radius 1 is 1.18 bits per heavy atom. The SMILES string of the molecule is C=CCOC(=O)C1(C)COC(c2nc(-c3ccc(F)cc3)c(-c3ccnc(NC4CCCCC4)n3)[nH]2)OC1. The Balaban J connectivity index is 1.41. The van der Waals surface area contributed by atoms with Gasteiger partial charge in [-0.05, 0) is 50.1 Å². The van der Waals surface area contributed by atoms with Crippen LogP contribution in [-0.4, -0.2) is 51.8 Å². The Hall–Kier alpha value is -3.63. The Kier molecular flexibility index (Phi) is 7.80. The summed E-state index contributed by atoms with van der Waals surface area (Å²) in [7, 11) is 0. The maximum Gasteiger partial charge on any atom is 0.316 e. The number of benzene rings is 1. The van der Waals surface area contributed by atoms with Crippen LogP contribution in [-0.2, 0) is 19.0 Å². The number of rotatable bonds is 8. The Labute approximate surface area is 220 Å². The third-order valence-corrected chi connectivity index (χ3v) is 6.84. The summed E-state index contributed by atoms with van der Waals surface area (Å²) in [6, 6.07) is 8.25. The molecule has 0 atom stereocenters. The number of nitrogens with one attached hydrogen (secondary N) is 2. The quantitative estimate of drug-likeness (QED) is 0.307. The molecule has 1 aromatic carbocycles. The highest BCUT2D eigenvalue weighted by atomic mass is 19.1. The lowest BCUT2D eigenvalue weighted by molar-refractivity contribution is -0.238. The summed E-state index contributed by atoms with van der Waals surface area (Å²) in [5.74, 6) is 0.214. The second-order valence-corrected chi connectivity index (χ2v) is 10.00. The zero-order valence-electron chi connectivity index (χ0n) is 21.4. The number of carbonyl (C=O) groups is 1. The first-order valence-electron chi connectivity index (χ1n) is 12.9. The van der Waals surface area contributed by atoms with E-state index >= 15 is 0 Å². The van der Waals surface area contributed by atoms with Crippen molar-refractivity contribution in [1.29, 1.82) is 0 Å². The molecular weight excluding hydrogens is 489 g/mol.